The molecule has 0 bridgehead atoms. The summed E-state index contributed by atoms with van der Waals surface area (Å²) in [6.07, 6.45) is 6.47. The van der Waals surface area contributed by atoms with E-state index in [9.17, 15) is 15.0 Å². The van der Waals surface area contributed by atoms with E-state index in [4.69, 9.17) is 0 Å². The minimum Gasteiger partial charge on any atom is -0.506 e. The Labute approximate surface area is 145 Å². The Morgan fingerprint density at radius 3 is 3.00 bits per heavy atom. The van der Waals surface area contributed by atoms with Gasteiger partial charge in [-0.2, -0.15) is 0 Å². The van der Waals surface area contributed by atoms with Crippen molar-refractivity contribution in [1.29, 1.82) is 0 Å². The summed E-state index contributed by atoms with van der Waals surface area (Å²) < 4.78 is 0. The molecule has 3 N–H and O–H groups in total. The summed E-state index contributed by atoms with van der Waals surface area (Å²) in [6.45, 7) is 1.71. The lowest BCUT2D eigenvalue weighted by Gasteiger charge is -2.12. The van der Waals surface area contributed by atoms with Crippen LogP contribution < -0.4 is 5.32 Å². The van der Waals surface area contributed by atoms with Gasteiger partial charge in [0.15, 0.2) is 0 Å². The minimum atomic E-state index is -0.205. The molecule has 1 atom stereocenters. The number of aliphatic hydroxyl groups excluding tert-OH is 1. The van der Waals surface area contributed by atoms with Crippen LogP contribution in [-0.2, 0) is 17.9 Å². The topological polar surface area (TPSA) is 82.5 Å². The lowest BCUT2D eigenvalue weighted by atomic mass is 10.1. The number of hydrogen-bond donors (Lipinski definition) is 3. The van der Waals surface area contributed by atoms with Gasteiger partial charge in [0.2, 0.25) is 5.91 Å². The first kappa shape index (κ1) is 18.4. The number of nitrogens with one attached hydrogen (secondary N) is 1. The summed E-state index contributed by atoms with van der Waals surface area (Å²) in [5.74, 6) is 1.28. The zero-order valence-electron chi connectivity index (χ0n) is 13.4. The molecule has 5 nitrogen and oxygen atoms in total. The molecule has 0 unspecified atom stereocenters. The van der Waals surface area contributed by atoms with Gasteiger partial charge < -0.3 is 15.5 Å². The van der Waals surface area contributed by atoms with Gasteiger partial charge in [0.1, 0.15) is 5.75 Å². The summed E-state index contributed by atoms with van der Waals surface area (Å²) in [7, 11) is 3.92. The van der Waals surface area contributed by atoms with Crippen molar-refractivity contribution in [2.24, 2.45) is 0 Å². The van der Waals surface area contributed by atoms with E-state index in [1.807, 2.05) is 21.6 Å². The number of nitrogens with zero attached hydrogens (tertiary/aromatic N) is 1. The Morgan fingerprint density at radius 2 is 2.30 bits per heavy atom. The lowest BCUT2D eigenvalue weighted by Crippen LogP contribution is -2.23. The number of aromatic hydroxyl groups is 1. The Bertz CT molecular complexity index is 534. The number of rotatable bonds is 8. The first-order valence-corrected chi connectivity index (χ1v) is 10.3. The largest absolute Gasteiger partial charge is 0.506 e. The second-order valence-electron chi connectivity index (χ2n) is 5.71. The van der Waals surface area contributed by atoms with Gasteiger partial charge in [-0.05, 0) is 26.2 Å². The fourth-order valence-corrected chi connectivity index (χ4v) is 5.54. The lowest BCUT2D eigenvalue weighted by molar-refractivity contribution is -0.121. The third-order valence-electron chi connectivity index (χ3n) is 3.97. The fraction of sp³-hybridized carbons (Fsp3) is 0.625. The molecule has 1 aliphatic heterocycles. The molecule has 1 aromatic rings. The number of aryl methyl sites for hydroxylation is 1. The van der Waals surface area contributed by atoms with E-state index in [1.165, 1.54) is 24.8 Å². The van der Waals surface area contributed by atoms with Gasteiger partial charge in [-0.25, -0.2) is 0 Å². The van der Waals surface area contributed by atoms with Gasteiger partial charge in [-0.1, -0.05) is 28.0 Å². The van der Waals surface area contributed by atoms with Crippen molar-refractivity contribution in [3.63, 3.8) is 0 Å². The first-order chi connectivity index (χ1) is 11.1. The SMILES string of the molecule is Cc1ncc(CO)c(CNC(=O)CCCC[C@@H]2CCSS2)c1O. The second-order valence-corrected chi connectivity index (χ2v) is 8.49. The third kappa shape index (κ3) is 5.58. The summed E-state index contributed by atoms with van der Waals surface area (Å²) in [5.41, 5.74) is 1.59. The average molecular weight is 357 g/mol. The van der Waals surface area contributed by atoms with E-state index in [0.717, 1.165) is 18.1 Å². The van der Waals surface area contributed by atoms with Crippen molar-refractivity contribution in [2.75, 3.05) is 5.75 Å². The number of aromatic nitrogens is 1. The third-order valence-corrected chi connectivity index (χ3v) is 6.98. The van der Waals surface area contributed by atoms with E-state index in [-0.39, 0.29) is 24.8 Å². The molecule has 0 radical (unpaired) electrons. The van der Waals surface area contributed by atoms with Crippen molar-refractivity contribution in [3.8, 4) is 5.75 Å². The van der Waals surface area contributed by atoms with Crippen LogP contribution in [0.1, 0.15) is 48.9 Å². The predicted octanol–water partition coefficient (Wildman–Crippen LogP) is 2.92. The molecule has 0 spiro atoms. The van der Waals surface area contributed by atoms with Crippen LogP contribution in [0.15, 0.2) is 6.20 Å². The highest BCUT2D eigenvalue weighted by Crippen LogP contribution is 2.39. The van der Waals surface area contributed by atoms with Gasteiger partial charge in [0, 0.05) is 41.3 Å². The molecule has 7 heteroatoms. The minimum absolute atomic E-state index is 0.0174. The molecule has 23 heavy (non-hydrogen) atoms. The molecule has 2 heterocycles. The number of carbonyl (C=O) groups is 1. The van der Waals surface area contributed by atoms with Crippen LogP contribution in [0.2, 0.25) is 0 Å². The second kappa shape index (κ2) is 9.39. The number of hydrogen-bond acceptors (Lipinski definition) is 6. The van der Waals surface area contributed by atoms with E-state index in [2.05, 4.69) is 10.3 Å². The maximum atomic E-state index is 11.9. The summed E-state index contributed by atoms with van der Waals surface area (Å²) >= 11 is 0. The molecule has 1 saturated heterocycles. The van der Waals surface area contributed by atoms with E-state index < -0.39 is 0 Å². The van der Waals surface area contributed by atoms with Gasteiger partial charge >= 0.3 is 0 Å². The van der Waals surface area contributed by atoms with Crippen LogP contribution in [0, 0.1) is 6.92 Å². The number of carbonyl (C=O) groups excluding carboxylic acids is 1. The van der Waals surface area contributed by atoms with E-state index in [0.29, 0.717) is 23.2 Å². The monoisotopic (exact) mass is 356 g/mol. The summed E-state index contributed by atoms with van der Waals surface area (Å²) in [5, 5.41) is 22.9. The molecule has 0 aliphatic carbocycles. The molecular weight excluding hydrogens is 332 g/mol. The van der Waals surface area contributed by atoms with Crippen molar-refractivity contribution in [3.05, 3.63) is 23.0 Å². The van der Waals surface area contributed by atoms with Crippen LogP contribution in [0.3, 0.4) is 0 Å². The molecule has 2 rings (SSSR count). The van der Waals surface area contributed by atoms with Crippen LogP contribution in [0.25, 0.3) is 0 Å². The molecule has 1 fully saturated rings. The number of pyridine rings is 1. The number of unbranched alkanes of at least 4 members (excludes halogenated alkanes) is 1. The van der Waals surface area contributed by atoms with Crippen molar-refractivity contribution < 1.29 is 15.0 Å². The molecular formula is C16H24N2O3S2. The maximum absolute atomic E-state index is 11.9. The Balaban J connectivity index is 1.72. The Kier molecular flexibility index (Phi) is 7.52. The molecule has 128 valence electrons. The average Bonchev–Trinajstić information content (AvgIpc) is 3.06. The van der Waals surface area contributed by atoms with Crippen LogP contribution >= 0.6 is 21.6 Å². The van der Waals surface area contributed by atoms with E-state index >= 15 is 0 Å². The van der Waals surface area contributed by atoms with Crippen molar-refractivity contribution in [1.82, 2.24) is 10.3 Å². The number of aliphatic hydroxyl groups is 1. The fourth-order valence-electron chi connectivity index (χ4n) is 2.52. The molecule has 0 aromatic carbocycles. The zero-order chi connectivity index (χ0) is 16.7. The highest BCUT2D eigenvalue weighted by molar-refractivity contribution is 8.77. The Hall–Kier alpha value is -0.920. The molecule has 1 amide bonds. The molecule has 1 aromatic heterocycles. The molecule has 0 saturated carbocycles. The highest BCUT2D eigenvalue weighted by atomic mass is 33.1. The predicted molar refractivity (Wildman–Crippen MR) is 95.3 cm³/mol. The van der Waals surface area contributed by atoms with Crippen LogP contribution in [0.4, 0.5) is 0 Å². The van der Waals surface area contributed by atoms with Gasteiger partial charge in [0.25, 0.3) is 0 Å². The standard InChI is InChI=1S/C16H24N2O3S2/c1-11-16(21)14(12(10-19)8-17-11)9-18-15(20)5-3-2-4-13-6-7-22-23-13/h8,13,19,21H,2-7,9-10H2,1H3,(H,18,20)/t13-/m1/s1. The van der Waals surface area contributed by atoms with Crippen molar-refractivity contribution >= 4 is 27.5 Å². The van der Waals surface area contributed by atoms with Crippen LogP contribution in [0.5, 0.6) is 5.75 Å². The first-order valence-electron chi connectivity index (χ1n) is 7.94. The van der Waals surface area contributed by atoms with Crippen molar-refractivity contribution in [2.45, 2.75) is 57.4 Å². The highest BCUT2D eigenvalue weighted by Gasteiger charge is 2.16. The van der Waals surface area contributed by atoms with Gasteiger partial charge in [-0.3, -0.25) is 9.78 Å². The van der Waals surface area contributed by atoms with E-state index in [1.54, 1.807) is 6.92 Å². The van der Waals surface area contributed by atoms with Gasteiger partial charge in [-0.15, -0.1) is 0 Å². The Morgan fingerprint density at radius 1 is 1.48 bits per heavy atom. The number of amides is 1. The van der Waals surface area contributed by atoms with Gasteiger partial charge in [0.05, 0.1) is 12.3 Å². The van der Waals surface area contributed by atoms with Crippen LogP contribution in [-0.4, -0.2) is 32.1 Å². The normalized spacial score (nSPS) is 17.4. The maximum Gasteiger partial charge on any atom is 0.220 e. The zero-order valence-corrected chi connectivity index (χ0v) is 15.0. The summed E-state index contributed by atoms with van der Waals surface area (Å²) in [4.78, 5) is 15.9. The summed E-state index contributed by atoms with van der Waals surface area (Å²) in [6, 6.07) is 0. The molecule has 1 aliphatic rings. The smallest absolute Gasteiger partial charge is 0.220 e. The quantitative estimate of drug-likeness (QED) is 0.491.